The lowest BCUT2D eigenvalue weighted by Gasteiger charge is -2.26. The molecule has 5 aromatic rings. The van der Waals surface area contributed by atoms with Gasteiger partial charge in [0.25, 0.3) is 5.78 Å². The minimum Gasteiger partial charge on any atom is -0.356 e. The second-order valence-electron chi connectivity index (χ2n) is 9.76. The first-order valence-electron chi connectivity index (χ1n) is 13.3. The highest BCUT2D eigenvalue weighted by Gasteiger charge is 2.18. The van der Waals surface area contributed by atoms with E-state index in [1.54, 1.807) is 4.52 Å². The van der Waals surface area contributed by atoms with E-state index in [4.69, 9.17) is 10.1 Å². The predicted octanol–water partition coefficient (Wildman–Crippen LogP) is 3.91. The number of nitrogens with one attached hydrogen (secondary N) is 1. The molecule has 0 bridgehead atoms. The van der Waals surface area contributed by atoms with Gasteiger partial charge in [0.15, 0.2) is 11.5 Å². The van der Waals surface area contributed by atoms with Crippen LogP contribution in [0.2, 0.25) is 0 Å². The summed E-state index contributed by atoms with van der Waals surface area (Å²) in [5.41, 5.74) is 2.69. The summed E-state index contributed by atoms with van der Waals surface area (Å²) >= 11 is 0. The lowest BCUT2D eigenvalue weighted by Crippen LogP contribution is -2.33. The molecule has 6 rings (SSSR count). The van der Waals surface area contributed by atoms with Crippen LogP contribution in [0.25, 0.3) is 33.7 Å². The van der Waals surface area contributed by atoms with Crippen molar-refractivity contribution >= 4 is 28.2 Å². The zero-order chi connectivity index (χ0) is 25.0. The number of piperidine rings is 1. The molecule has 9 nitrogen and oxygen atoms in total. The van der Waals surface area contributed by atoms with Crippen molar-refractivity contribution in [1.82, 2.24) is 39.4 Å². The normalized spacial score (nSPS) is 14.6. The Hall–Kier alpha value is -3.85. The van der Waals surface area contributed by atoms with Crippen molar-refractivity contribution in [3.63, 3.8) is 0 Å². The minimum atomic E-state index is 0.100. The highest BCUT2D eigenvalue weighted by molar-refractivity contribution is 5.94. The summed E-state index contributed by atoms with van der Waals surface area (Å²) in [6.45, 7) is 4.20. The van der Waals surface area contributed by atoms with E-state index in [1.165, 1.54) is 32.4 Å². The molecular formula is C28H32N8O. The van der Waals surface area contributed by atoms with Crippen LogP contribution in [-0.2, 0) is 11.2 Å². The van der Waals surface area contributed by atoms with Crippen LogP contribution in [0.3, 0.4) is 0 Å². The van der Waals surface area contributed by atoms with Gasteiger partial charge in [-0.3, -0.25) is 9.20 Å². The van der Waals surface area contributed by atoms with Crippen molar-refractivity contribution in [1.29, 1.82) is 0 Å². The second kappa shape index (κ2) is 10.6. The van der Waals surface area contributed by atoms with Crippen LogP contribution in [0, 0.1) is 0 Å². The minimum absolute atomic E-state index is 0.100. The van der Waals surface area contributed by atoms with Crippen LogP contribution in [0.15, 0.2) is 54.6 Å². The average Bonchev–Trinajstić information content (AvgIpc) is 3.58. The zero-order valence-electron chi connectivity index (χ0n) is 21.0. The van der Waals surface area contributed by atoms with E-state index in [-0.39, 0.29) is 5.91 Å². The number of nitrogens with zero attached hydrogens (tertiary/aromatic N) is 7. The predicted molar refractivity (Wildman–Crippen MR) is 143 cm³/mol. The Morgan fingerprint density at radius 3 is 2.59 bits per heavy atom. The van der Waals surface area contributed by atoms with Crippen LogP contribution in [0.4, 0.5) is 0 Å². The van der Waals surface area contributed by atoms with Crippen LogP contribution in [0.1, 0.15) is 44.3 Å². The molecule has 0 spiro atoms. The summed E-state index contributed by atoms with van der Waals surface area (Å²) in [5, 5.41) is 17.8. The van der Waals surface area contributed by atoms with E-state index >= 15 is 0 Å². The van der Waals surface area contributed by atoms with Gasteiger partial charge in [-0.2, -0.15) is 4.52 Å². The number of hydrogen-bond donors (Lipinski definition) is 1. The second-order valence-corrected chi connectivity index (χ2v) is 9.76. The number of carbonyl (C=O) groups excluding carboxylic acids is 1. The maximum atomic E-state index is 12.4. The zero-order valence-corrected chi connectivity index (χ0v) is 21.0. The topological polar surface area (TPSA) is 92.7 Å². The molecule has 0 aliphatic carbocycles. The molecule has 1 N–H and O–H groups in total. The Kier molecular flexibility index (Phi) is 6.77. The monoisotopic (exact) mass is 496 g/mol. The molecular weight excluding hydrogens is 464 g/mol. The molecule has 4 heterocycles. The van der Waals surface area contributed by atoms with E-state index < -0.39 is 0 Å². The van der Waals surface area contributed by atoms with Gasteiger partial charge < -0.3 is 10.2 Å². The molecule has 0 saturated carbocycles. The van der Waals surface area contributed by atoms with Gasteiger partial charge >= 0.3 is 0 Å². The first-order chi connectivity index (χ1) is 18.3. The summed E-state index contributed by atoms with van der Waals surface area (Å²) in [5.74, 6) is 2.20. The number of para-hydroxylation sites is 1. The number of likely N-dealkylation sites (tertiary alicyclic amines) is 1. The van der Waals surface area contributed by atoms with E-state index in [2.05, 4.69) is 32.5 Å². The molecule has 1 aliphatic heterocycles. The lowest BCUT2D eigenvalue weighted by molar-refractivity contribution is -0.121. The smallest absolute Gasteiger partial charge is 0.258 e. The fourth-order valence-electron chi connectivity index (χ4n) is 5.25. The van der Waals surface area contributed by atoms with Crippen molar-refractivity contribution in [2.45, 2.75) is 44.9 Å². The lowest BCUT2D eigenvalue weighted by atomic mass is 10.1. The fraction of sp³-hybridized carbons (Fsp3) is 0.393. The molecule has 1 fully saturated rings. The van der Waals surface area contributed by atoms with Gasteiger partial charge in [-0.15, -0.1) is 15.3 Å². The number of aromatic nitrogens is 6. The number of rotatable bonds is 9. The maximum absolute atomic E-state index is 12.4. The number of carbonyl (C=O) groups is 1. The molecule has 2 aromatic carbocycles. The summed E-state index contributed by atoms with van der Waals surface area (Å²) in [6.07, 6.45) is 6.79. The van der Waals surface area contributed by atoms with Crippen LogP contribution in [-0.4, -0.2) is 66.2 Å². The van der Waals surface area contributed by atoms with E-state index in [1.807, 2.05) is 46.9 Å². The van der Waals surface area contributed by atoms with Gasteiger partial charge in [0.1, 0.15) is 5.82 Å². The maximum Gasteiger partial charge on any atom is 0.258 e. The first kappa shape index (κ1) is 23.5. The van der Waals surface area contributed by atoms with Gasteiger partial charge in [0.2, 0.25) is 5.91 Å². The largest absolute Gasteiger partial charge is 0.356 e. The Bertz CT molecular complexity index is 1520. The molecule has 0 atom stereocenters. The molecule has 37 heavy (non-hydrogen) atoms. The van der Waals surface area contributed by atoms with Crippen LogP contribution in [0.5, 0.6) is 0 Å². The van der Waals surface area contributed by atoms with Crippen molar-refractivity contribution in [2.75, 3.05) is 26.2 Å². The molecule has 1 saturated heterocycles. The Labute approximate surface area is 215 Å². The van der Waals surface area contributed by atoms with Crippen LogP contribution < -0.4 is 5.32 Å². The van der Waals surface area contributed by atoms with E-state index in [0.717, 1.165) is 47.4 Å². The molecule has 3 aromatic heterocycles. The van der Waals surface area contributed by atoms with Gasteiger partial charge in [0, 0.05) is 30.3 Å². The van der Waals surface area contributed by atoms with Gasteiger partial charge in [0.05, 0.1) is 5.52 Å². The number of amides is 1. The fourth-order valence-corrected chi connectivity index (χ4v) is 5.25. The SMILES string of the molecule is O=C(CCCc1nnc2n3nc(-c4ccccc4)nc3c3ccccc3n12)NCCCN1CCCCC1. The summed E-state index contributed by atoms with van der Waals surface area (Å²) in [7, 11) is 0. The van der Waals surface area contributed by atoms with Crippen LogP contribution >= 0.6 is 0 Å². The molecule has 0 radical (unpaired) electrons. The number of aryl methyl sites for hydroxylation is 1. The third-order valence-corrected chi connectivity index (χ3v) is 7.15. The summed E-state index contributed by atoms with van der Waals surface area (Å²) < 4.78 is 3.82. The standard InChI is InChI=1S/C28H32N8O/c37-25(29-17-10-20-34-18-7-2-8-19-34)16-9-15-24-31-32-28-35(24)23-14-6-5-13-22(23)27-30-26(33-36(27)28)21-11-3-1-4-12-21/h1,3-6,11-14H,2,7-10,15-20H2,(H,29,37). The molecule has 0 unspecified atom stereocenters. The summed E-state index contributed by atoms with van der Waals surface area (Å²) in [4.78, 5) is 19.8. The highest BCUT2D eigenvalue weighted by Crippen LogP contribution is 2.25. The molecule has 9 heteroatoms. The Balaban J connectivity index is 1.16. The highest BCUT2D eigenvalue weighted by atomic mass is 16.1. The van der Waals surface area contributed by atoms with E-state index in [9.17, 15) is 4.79 Å². The molecule has 1 aliphatic rings. The van der Waals surface area contributed by atoms with Crippen molar-refractivity contribution in [3.8, 4) is 11.4 Å². The van der Waals surface area contributed by atoms with Crippen molar-refractivity contribution in [3.05, 3.63) is 60.4 Å². The quantitative estimate of drug-likeness (QED) is 0.311. The third kappa shape index (κ3) is 4.91. The average molecular weight is 497 g/mol. The number of benzene rings is 2. The molecule has 1 amide bonds. The van der Waals surface area contributed by atoms with Crippen molar-refractivity contribution in [2.24, 2.45) is 0 Å². The Morgan fingerprint density at radius 2 is 1.73 bits per heavy atom. The third-order valence-electron chi connectivity index (χ3n) is 7.15. The van der Waals surface area contributed by atoms with Crippen molar-refractivity contribution < 1.29 is 4.79 Å². The number of fused-ring (bicyclic) bond motifs is 6. The molecule has 190 valence electrons. The van der Waals surface area contributed by atoms with Gasteiger partial charge in [-0.25, -0.2) is 4.98 Å². The van der Waals surface area contributed by atoms with Gasteiger partial charge in [-0.05, 0) is 57.5 Å². The summed E-state index contributed by atoms with van der Waals surface area (Å²) in [6, 6.07) is 18.1. The number of hydrogen-bond acceptors (Lipinski definition) is 6. The first-order valence-corrected chi connectivity index (χ1v) is 13.3. The van der Waals surface area contributed by atoms with E-state index in [0.29, 0.717) is 30.9 Å². The van der Waals surface area contributed by atoms with Gasteiger partial charge in [-0.1, -0.05) is 48.9 Å². The Morgan fingerprint density at radius 1 is 0.919 bits per heavy atom.